The molecule has 4 aliphatic rings. The molecule has 0 radical (unpaired) electrons. The summed E-state index contributed by atoms with van der Waals surface area (Å²) in [5.74, 6) is -7.91. The first-order chi connectivity index (χ1) is 19.5. The van der Waals surface area contributed by atoms with Gasteiger partial charge in [-0.3, -0.25) is 30.2 Å². The predicted octanol–water partition coefficient (Wildman–Crippen LogP) is -1.37. The molecule has 16 heteroatoms. The van der Waals surface area contributed by atoms with E-state index in [4.69, 9.17) is 10.8 Å². The van der Waals surface area contributed by atoms with Gasteiger partial charge in [0.2, 0.25) is 5.79 Å². The van der Waals surface area contributed by atoms with Crippen LogP contribution in [0.25, 0.3) is 0 Å². The van der Waals surface area contributed by atoms with Crippen LogP contribution in [0.5, 0.6) is 0 Å². The van der Waals surface area contributed by atoms with E-state index in [-0.39, 0.29) is 31.6 Å². The summed E-state index contributed by atoms with van der Waals surface area (Å²) in [7, 11) is 0. The van der Waals surface area contributed by atoms with Gasteiger partial charge in [-0.1, -0.05) is 24.3 Å². The fraction of sp³-hybridized carbons (Fsp3) is 0.320. The molecule has 6 rings (SSSR count). The number of urea groups is 1. The van der Waals surface area contributed by atoms with Gasteiger partial charge in [0.25, 0.3) is 11.8 Å². The van der Waals surface area contributed by atoms with Crippen molar-refractivity contribution in [3.63, 3.8) is 0 Å². The smallest absolute Gasteiger partial charge is 0.331 e. The molecule has 4 heterocycles. The fourth-order valence-electron chi connectivity index (χ4n) is 5.97. The number of halogens is 2. The minimum atomic E-state index is -2.89. The van der Waals surface area contributed by atoms with Crippen LogP contribution in [-0.4, -0.2) is 99.0 Å². The highest BCUT2D eigenvalue weighted by Crippen LogP contribution is 2.43. The molecule has 0 unspecified atom stereocenters. The van der Waals surface area contributed by atoms with E-state index < -0.39 is 64.6 Å². The number of aliphatic hydroxyl groups is 2. The van der Waals surface area contributed by atoms with Crippen molar-refractivity contribution in [2.45, 2.75) is 29.6 Å². The number of anilines is 1. The summed E-state index contributed by atoms with van der Waals surface area (Å²) in [6, 6.07) is 7.26. The molecule has 4 aliphatic heterocycles. The van der Waals surface area contributed by atoms with Gasteiger partial charge in [-0.2, -0.15) is 0 Å². The zero-order valence-corrected chi connectivity index (χ0v) is 21.2. The van der Waals surface area contributed by atoms with Crippen molar-refractivity contribution in [1.82, 2.24) is 31.1 Å². The molecule has 8 N–H and O–H groups in total. The molecule has 0 aliphatic carbocycles. The third-order valence-corrected chi connectivity index (χ3v) is 7.90. The first-order valence-corrected chi connectivity index (χ1v) is 12.6. The minimum absolute atomic E-state index is 0.217. The molecule has 41 heavy (non-hydrogen) atoms. The number of guanidine groups is 2. The van der Waals surface area contributed by atoms with Crippen molar-refractivity contribution in [3.05, 3.63) is 65.7 Å². The second-order valence-electron chi connectivity index (χ2n) is 10.2. The molecule has 214 valence electrons. The second-order valence-corrected chi connectivity index (χ2v) is 10.2. The van der Waals surface area contributed by atoms with E-state index in [0.29, 0.717) is 5.69 Å². The first-order valence-electron chi connectivity index (χ1n) is 12.6. The Morgan fingerprint density at radius 3 is 2.54 bits per heavy atom. The Labute approximate surface area is 230 Å². The van der Waals surface area contributed by atoms with Crippen LogP contribution in [0.4, 0.5) is 19.3 Å². The molecule has 4 amide bonds. The maximum absolute atomic E-state index is 14.3. The molecule has 4 fully saturated rings. The van der Waals surface area contributed by atoms with E-state index >= 15 is 0 Å². The minimum Gasteiger partial charge on any atom is -0.361 e. The highest BCUT2D eigenvalue weighted by Gasteiger charge is 2.74. The quantitative estimate of drug-likeness (QED) is 0.158. The van der Waals surface area contributed by atoms with E-state index in [1.807, 2.05) is 0 Å². The van der Waals surface area contributed by atoms with Gasteiger partial charge in [-0.25, -0.2) is 13.6 Å². The van der Waals surface area contributed by atoms with Crippen molar-refractivity contribution in [1.29, 1.82) is 10.8 Å². The summed E-state index contributed by atoms with van der Waals surface area (Å²) < 4.78 is 28.0. The Morgan fingerprint density at radius 1 is 1.07 bits per heavy atom. The second kappa shape index (κ2) is 9.10. The Morgan fingerprint density at radius 2 is 1.80 bits per heavy atom. The lowest BCUT2D eigenvalue weighted by molar-refractivity contribution is -0.232. The lowest BCUT2D eigenvalue weighted by atomic mass is 9.84. The van der Waals surface area contributed by atoms with E-state index in [1.54, 1.807) is 30.3 Å². The van der Waals surface area contributed by atoms with Crippen LogP contribution in [0.3, 0.4) is 0 Å². The molecule has 2 aromatic rings. The van der Waals surface area contributed by atoms with Crippen LogP contribution in [0.2, 0.25) is 0 Å². The van der Waals surface area contributed by atoms with Gasteiger partial charge in [0.1, 0.15) is 12.6 Å². The number of hydrogen-bond donors (Lipinski definition) is 8. The van der Waals surface area contributed by atoms with Gasteiger partial charge in [0, 0.05) is 12.2 Å². The maximum atomic E-state index is 14.3. The van der Waals surface area contributed by atoms with Crippen LogP contribution >= 0.6 is 0 Å². The van der Waals surface area contributed by atoms with Crippen molar-refractivity contribution in [2.75, 3.05) is 24.5 Å². The Bertz CT molecular complexity index is 1490. The SMILES string of the molecule is N=C1N[C@H]2[C@H](CN3C(=O)CN(c4ccccc4)C3=O)NC(=N)N3C[C@H](NC(=O)c4cccc(F)c4F)C(O)(O)[C@]23N1. The highest BCUT2D eigenvalue weighted by molar-refractivity contribution is 6.12. The fourth-order valence-corrected chi connectivity index (χ4v) is 5.97. The summed E-state index contributed by atoms with van der Waals surface area (Å²) in [5.41, 5.74) is -2.18. The summed E-state index contributed by atoms with van der Waals surface area (Å²) >= 11 is 0. The van der Waals surface area contributed by atoms with E-state index in [1.165, 1.54) is 9.80 Å². The maximum Gasteiger partial charge on any atom is 0.331 e. The molecule has 0 bridgehead atoms. The number of nitrogens with zero attached hydrogens (tertiary/aromatic N) is 3. The normalized spacial score (nSPS) is 28.2. The molecular weight excluding hydrogens is 544 g/mol. The van der Waals surface area contributed by atoms with Gasteiger partial charge in [0.05, 0.1) is 24.2 Å². The van der Waals surface area contributed by atoms with E-state index in [9.17, 15) is 33.4 Å². The largest absolute Gasteiger partial charge is 0.361 e. The lowest BCUT2D eigenvalue weighted by Crippen LogP contribution is -2.81. The molecule has 4 saturated heterocycles. The lowest BCUT2D eigenvalue weighted by Gasteiger charge is -2.51. The van der Waals surface area contributed by atoms with Crippen LogP contribution in [0.1, 0.15) is 10.4 Å². The van der Waals surface area contributed by atoms with E-state index in [2.05, 4.69) is 21.3 Å². The zero-order valence-electron chi connectivity index (χ0n) is 21.2. The number of benzene rings is 2. The molecule has 0 saturated carbocycles. The molecule has 14 nitrogen and oxygen atoms in total. The third kappa shape index (κ3) is 3.78. The number of nitrogens with one attached hydrogen (secondary N) is 6. The molecule has 2 aromatic carbocycles. The van der Waals surface area contributed by atoms with Crippen LogP contribution < -0.4 is 26.2 Å². The monoisotopic (exact) mass is 569 g/mol. The molecule has 4 atom stereocenters. The Kier molecular flexibility index (Phi) is 5.86. The summed E-state index contributed by atoms with van der Waals surface area (Å²) in [6.07, 6.45) is 0. The zero-order chi connectivity index (χ0) is 29.3. The van der Waals surface area contributed by atoms with Crippen LogP contribution in [-0.2, 0) is 4.79 Å². The number of amides is 4. The van der Waals surface area contributed by atoms with Gasteiger partial charge in [-0.05, 0) is 24.3 Å². The average Bonchev–Trinajstić information content (AvgIpc) is 3.51. The number of rotatable bonds is 5. The van der Waals surface area contributed by atoms with Gasteiger partial charge in [0.15, 0.2) is 29.2 Å². The average molecular weight is 570 g/mol. The number of carbonyl (C=O) groups is 3. The van der Waals surface area contributed by atoms with Crippen molar-refractivity contribution < 1.29 is 33.4 Å². The summed E-state index contributed by atoms with van der Waals surface area (Å²) in [4.78, 5) is 42.3. The molecule has 1 spiro atoms. The highest BCUT2D eigenvalue weighted by atomic mass is 19.2. The van der Waals surface area contributed by atoms with Crippen molar-refractivity contribution in [2.24, 2.45) is 0 Å². The Hall–Kier alpha value is -4.83. The number of carbonyl (C=O) groups excluding carboxylic acids is 3. The predicted molar refractivity (Wildman–Crippen MR) is 138 cm³/mol. The Balaban J connectivity index is 1.28. The topological polar surface area (TPSA) is 197 Å². The van der Waals surface area contributed by atoms with E-state index in [0.717, 1.165) is 23.1 Å². The number of imide groups is 1. The molecule has 0 aromatic heterocycles. The third-order valence-electron chi connectivity index (χ3n) is 7.90. The number of hydrogen-bond acceptors (Lipinski definition) is 7. The van der Waals surface area contributed by atoms with Crippen LogP contribution in [0, 0.1) is 22.5 Å². The van der Waals surface area contributed by atoms with Gasteiger partial charge < -0.3 is 36.4 Å². The van der Waals surface area contributed by atoms with Crippen molar-refractivity contribution in [3.8, 4) is 0 Å². The number of para-hydroxylation sites is 1. The van der Waals surface area contributed by atoms with Crippen molar-refractivity contribution >= 4 is 35.5 Å². The molecular formula is C25H25F2N9O5. The summed E-state index contributed by atoms with van der Waals surface area (Å²) in [5, 5.41) is 50.4. The standard InChI is InChI=1S/C25H25F2N9O5/c26-14-8-4-7-13(18(14)27)20(38)31-16-10-36-22(29)30-15(19-24(36,25(16,40)41)33-21(28)32-19)9-35-17(37)11-34(23(35)39)12-5-2-1-3-6-12/h1-8,15-16,19,40-41H,9-11H2,(H2,29,30)(H,31,38)(H3,28,32,33)/t15-,16-,19-,24-/m0/s1. The first kappa shape index (κ1) is 26.4. The van der Waals surface area contributed by atoms with Gasteiger partial charge >= 0.3 is 6.03 Å². The van der Waals surface area contributed by atoms with Crippen LogP contribution in [0.15, 0.2) is 48.5 Å². The van der Waals surface area contributed by atoms with Gasteiger partial charge in [-0.15, -0.1) is 0 Å². The summed E-state index contributed by atoms with van der Waals surface area (Å²) in [6.45, 7) is -0.894.